The van der Waals surface area contributed by atoms with Crippen LogP contribution in [0.15, 0.2) is 42.5 Å². The number of fused-ring (bicyclic) bond motifs is 1. The maximum absolute atomic E-state index is 12.5. The number of nitrogens with zero attached hydrogens (tertiary/aromatic N) is 1. The summed E-state index contributed by atoms with van der Waals surface area (Å²) in [6.07, 6.45) is 1.48. The van der Waals surface area contributed by atoms with Crippen LogP contribution in [0.1, 0.15) is 44.3 Å². The predicted molar refractivity (Wildman–Crippen MR) is 101 cm³/mol. The molecule has 1 aliphatic rings. The van der Waals surface area contributed by atoms with Gasteiger partial charge < -0.3 is 15.3 Å². The Balaban J connectivity index is 1.58. The summed E-state index contributed by atoms with van der Waals surface area (Å²) in [6, 6.07) is 12.1. The zero-order valence-electron chi connectivity index (χ0n) is 15.2. The van der Waals surface area contributed by atoms with Crippen LogP contribution >= 0.6 is 0 Å². The Kier molecular flexibility index (Phi) is 5.54. The quantitative estimate of drug-likeness (QED) is 0.815. The van der Waals surface area contributed by atoms with E-state index in [4.69, 9.17) is 5.11 Å². The van der Waals surface area contributed by atoms with Crippen molar-refractivity contribution in [1.82, 2.24) is 10.2 Å². The van der Waals surface area contributed by atoms with Crippen LogP contribution in [0.4, 0.5) is 4.79 Å². The van der Waals surface area contributed by atoms with Crippen molar-refractivity contribution >= 4 is 17.8 Å². The molecule has 6 heteroatoms. The van der Waals surface area contributed by atoms with Gasteiger partial charge in [-0.05, 0) is 54.7 Å². The normalized spacial score (nSPS) is 13.4. The summed E-state index contributed by atoms with van der Waals surface area (Å²) in [5, 5.41) is 11.8. The number of aromatic carboxylic acids is 1. The Morgan fingerprint density at radius 1 is 0.963 bits per heavy atom. The van der Waals surface area contributed by atoms with Gasteiger partial charge in [0.05, 0.1) is 5.56 Å². The highest BCUT2D eigenvalue weighted by atomic mass is 16.4. The van der Waals surface area contributed by atoms with E-state index in [1.165, 1.54) is 17.7 Å². The third-order valence-corrected chi connectivity index (χ3v) is 4.85. The van der Waals surface area contributed by atoms with Crippen molar-refractivity contribution < 1.29 is 19.5 Å². The molecule has 0 atom stereocenters. The number of carboxylic acid groups (broad SMARTS) is 1. The molecule has 2 N–H and O–H groups in total. The Bertz CT molecular complexity index is 874. The minimum absolute atomic E-state index is 0.0468. The maximum Gasteiger partial charge on any atom is 0.335 e. The molecule has 0 saturated carbocycles. The molecule has 0 radical (unpaired) electrons. The van der Waals surface area contributed by atoms with Gasteiger partial charge in [-0.3, -0.25) is 4.79 Å². The molecule has 27 heavy (non-hydrogen) atoms. The minimum atomic E-state index is -0.970. The number of amides is 2. The Morgan fingerprint density at radius 2 is 1.59 bits per heavy atom. The fourth-order valence-corrected chi connectivity index (χ4v) is 3.20. The summed E-state index contributed by atoms with van der Waals surface area (Å²) < 4.78 is 0. The van der Waals surface area contributed by atoms with E-state index in [1.54, 1.807) is 24.0 Å². The lowest BCUT2D eigenvalue weighted by atomic mass is 9.99. The number of carboxylic acids is 1. The van der Waals surface area contributed by atoms with E-state index in [-0.39, 0.29) is 17.4 Å². The maximum atomic E-state index is 12.5. The van der Waals surface area contributed by atoms with Crippen molar-refractivity contribution in [1.29, 1.82) is 0 Å². The standard InChI is InChI=1S/C21H22N2O4/c1-14(24)18-7-6-16-8-10-23(11-9-19(16)12-18)21(27)22-13-15-2-4-17(5-3-15)20(25)26/h2-7,12H,8-11,13H2,1H3,(H,22,27)(H,25,26). The lowest BCUT2D eigenvalue weighted by Gasteiger charge is -2.20. The molecule has 2 aromatic rings. The van der Waals surface area contributed by atoms with E-state index >= 15 is 0 Å². The molecule has 0 fully saturated rings. The summed E-state index contributed by atoms with van der Waals surface area (Å²) in [5.41, 5.74) is 4.08. The van der Waals surface area contributed by atoms with Gasteiger partial charge in [0, 0.05) is 25.2 Å². The van der Waals surface area contributed by atoms with Gasteiger partial charge in [0.2, 0.25) is 0 Å². The van der Waals surface area contributed by atoms with Gasteiger partial charge in [-0.15, -0.1) is 0 Å². The van der Waals surface area contributed by atoms with E-state index in [1.807, 2.05) is 18.2 Å². The first-order valence-corrected chi connectivity index (χ1v) is 8.92. The van der Waals surface area contributed by atoms with E-state index in [9.17, 15) is 14.4 Å². The summed E-state index contributed by atoms with van der Waals surface area (Å²) in [7, 11) is 0. The highest BCUT2D eigenvalue weighted by molar-refractivity contribution is 5.94. The number of nitrogens with one attached hydrogen (secondary N) is 1. The van der Waals surface area contributed by atoms with Gasteiger partial charge in [0.1, 0.15) is 0 Å². The topological polar surface area (TPSA) is 86.7 Å². The van der Waals surface area contributed by atoms with Gasteiger partial charge in [-0.1, -0.05) is 24.3 Å². The van der Waals surface area contributed by atoms with Crippen molar-refractivity contribution in [3.63, 3.8) is 0 Å². The summed E-state index contributed by atoms with van der Waals surface area (Å²) in [4.78, 5) is 36.7. The molecule has 0 bridgehead atoms. The second-order valence-electron chi connectivity index (χ2n) is 6.69. The smallest absolute Gasteiger partial charge is 0.335 e. The number of Topliss-reactive ketones (excluding diaryl/α,β-unsaturated/α-hetero) is 1. The number of ketones is 1. The first-order chi connectivity index (χ1) is 12.9. The molecule has 0 spiro atoms. The van der Waals surface area contributed by atoms with Gasteiger partial charge in [0.15, 0.2) is 5.78 Å². The zero-order chi connectivity index (χ0) is 19.4. The van der Waals surface area contributed by atoms with Crippen molar-refractivity contribution in [2.75, 3.05) is 13.1 Å². The number of carbonyl (C=O) groups excluding carboxylic acids is 2. The molecule has 140 valence electrons. The van der Waals surface area contributed by atoms with E-state index in [2.05, 4.69) is 5.32 Å². The molecule has 6 nitrogen and oxygen atoms in total. The first kappa shape index (κ1) is 18.6. The van der Waals surface area contributed by atoms with Crippen molar-refractivity contribution in [2.24, 2.45) is 0 Å². The lowest BCUT2D eigenvalue weighted by molar-refractivity contribution is 0.0696. The van der Waals surface area contributed by atoms with Gasteiger partial charge in [-0.25, -0.2) is 9.59 Å². The second kappa shape index (κ2) is 8.03. The molecule has 1 aliphatic heterocycles. The Hall–Kier alpha value is -3.15. The second-order valence-corrected chi connectivity index (χ2v) is 6.69. The van der Waals surface area contributed by atoms with Crippen LogP contribution < -0.4 is 5.32 Å². The monoisotopic (exact) mass is 366 g/mol. The summed E-state index contributed by atoms with van der Waals surface area (Å²) in [6.45, 7) is 3.12. The number of hydrogen-bond acceptors (Lipinski definition) is 3. The minimum Gasteiger partial charge on any atom is -0.478 e. The molecular formula is C21H22N2O4. The highest BCUT2D eigenvalue weighted by Gasteiger charge is 2.19. The summed E-state index contributed by atoms with van der Waals surface area (Å²) in [5.74, 6) is -0.923. The fourth-order valence-electron chi connectivity index (χ4n) is 3.20. The average molecular weight is 366 g/mol. The number of hydrogen-bond donors (Lipinski definition) is 2. The molecule has 0 aliphatic carbocycles. The van der Waals surface area contributed by atoms with Crippen LogP contribution in [0, 0.1) is 0 Å². The molecular weight excluding hydrogens is 344 g/mol. The average Bonchev–Trinajstić information content (AvgIpc) is 2.88. The van der Waals surface area contributed by atoms with E-state index in [0.29, 0.717) is 25.2 Å². The van der Waals surface area contributed by atoms with Crippen molar-refractivity contribution in [3.8, 4) is 0 Å². The van der Waals surface area contributed by atoms with Crippen molar-refractivity contribution in [2.45, 2.75) is 26.3 Å². The van der Waals surface area contributed by atoms with E-state index in [0.717, 1.165) is 24.0 Å². The van der Waals surface area contributed by atoms with Gasteiger partial charge >= 0.3 is 12.0 Å². The molecule has 2 aromatic carbocycles. The zero-order valence-corrected chi connectivity index (χ0v) is 15.2. The third-order valence-electron chi connectivity index (χ3n) is 4.85. The van der Waals surface area contributed by atoms with Crippen LogP contribution in [0.5, 0.6) is 0 Å². The number of rotatable bonds is 4. The predicted octanol–water partition coefficient (Wildman–Crippen LogP) is 2.90. The Labute approximate surface area is 157 Å². The third kappa shape index (κ3) is 4.53. The Morgan fingerprint density at radius 3 is 2.22 bits per heavy atom. The SMILES string of the molecule is CC(=O)c1ccc2c(c1)CCN(C(=O)NCc1ccc(C(=O)O)cc1)CC2. The van der Waals surface area contributed by atoms with Crippen LogP contribution in [0.25, 0.3) is 0 Å². The molecule has 0 unspecified atom stereocenters. The van der Waals surface area contributed by atoms with Crippen molar-refractivity contribution in [3.05, 3.63) is 70.3 Å². The molecule has 0 aromatic heterocycles. The van der Waals surface area contributed by atoms with Crippen LogP contribution in [0.2, 0.25) is 0 Å². The molecule has 3 rings (SSSR count). The summed E-state index contributed by atoms with van der Waals surface area (Å²) >= 11 is 0. The van der Waals surface area contributed by atoms with E-state index < -0.39 is 5.97 Å². The van der Waals surface area contributed by atoms with Gasteiger partial charge in [-0.2, -0.15) is 0 Å². The fraction of sp³-hybridized carbons (Fsp3) is 0.286. The van der Waals surface area contributed by atoms with Gasteiger partial charge in [0.25, 0.3) is 0 Å². The highest BCUT2D eigenvalue weighted by Crippen LogP contribution is 2.18. The lowest BCUT2D eigenvalue weighted by Crippen LogP contribution is -2.41. The molecule has 1 heterocycles. The number of urea groups is 1. The molecule has 0 saturated heterocycles. The van der Waals surface area contributed by atoms with Crippen LogP contribution in [0.3, 0.4) is 0 Å². The number of benzene rings is 2. The van der Waals surface area contributed by atoms with Crippen LogP contribution in [-0.4, -0.2) is 40.9 Å². The number of carbonyl (C=O) groups is 3. The first-order valence-electron chi connectivity index (χ1n) is 8.92. The largest absolute Gasteiger partial charge is 0.478 e. The van der Waals surface area contributed by atoms with Crippen LogP contribution in [-0.2, 0) is 19.4 Å². The molecule has 2 amide bonds.